The predicted molar refractivity (Wildman–Crippen MR) is 60.4 cm³/mol. The Labute approximate surface area is 94.7 Å². The molecule has 0 bridgehead atoms. The van der Waals surface area contributed by atoms with E-state index in [1.807, 2.05) is 13.1 Å². The van der Waals surface area contributed by atoms with E-state index in [2.05, 4.69) is 24.0 Å². The van der Waals surface area contributed by atoms with Gasteiger partial charge in [0.05, 0.1) is 0 Å². The van der Waals surface area contributed by atoms with Crippen LogP contribution in [0.5, 0.6) is 5.75 Å². The fourth-order valence-corrected chi connectivity index (χ4v) is 4.00. The van der Waals surface area contributed by atoms with E-state index in [9.17, 15) is 0 Å². The van der Waals surface area contributed by atoms with Gasteiger partial charge in [0.15, 0.2) is 0 Å². The summed E-state index contributed by atoms with van der Waals surface area (Å²) in [6.45, 7) is 4.95. The van der Waals surface area contributed by atoms with Crippen LogP contribution in [-0.2, 0) is 6.61 Å². The molecular formula is C12H11NOSe. The zero-order valence-corrected chi connectivity index (χ0v) is 10.4. The molecule has 0 fully saturated rings. The molecule has 3 heterocycles. The van der Waals surface area contributed by atoms with Crippen LogP contribution in [0.1, 0.15) is 15.6 Å². The Kier molecular flexibility index (Phi) is 1.98. The number of pyridine rings is 1. The summed E-state index contributed by atoms with van der Waals surface area (Å²) in [5.41, 5.74) is 3.55. The molecule has 0 atom stereocenters. The standard InChI is InChI=1S/C12H11NOSe/c1-7-3-10-11(13-5-7)12-9(6-14-10)4-8(2)15-12/h3-5H,6H2,1-2H3. The SMILES string of the molecule is Cc1cnc2c(c1)OCc1cc(C)[se]c1-2. The Morgan fingerprint density at radius 1 is 1.33 bits per heavy atom. The van der Waals surface area contributed by atoms with E-state index in [1.165, 1.54) is 14.4 Å². The van der Waals surface area contributed by atoms with Gasteiger partial charge in [0.25, 0.3) is 0 Å². The van der Waals surface area contributed by atoms with Crippen molar-refractivity contribution in [3.05, 3.63) is 33.9 Å². The van der Waals surface area contributed by atoms with Crippen LogP contribution in [-0.4, -0.2) is 19.5 Å². The fraction of sp³-hybridized carbons (Fsp3) is 0.250. The van der Waals surface area contributed by atoms with Crippen molar-refractivity contribution < 1.29 is 4.74 Å². The van der Waals surface area contributed by atoms with Gasteiger partial charge in [0, 0.05) is 0 Å². The topological polar surface area (TPSA) is 22.1 Å². The average molecular weight is 264 g/mol. The maximum absolute atomic E-state index is 5.71. The molecule has 15 heavy (non-hydrogen) atoms. The second-order valence-corrected chi connectivity index (χ2v) is 6.50. The molecule has 2 nitrogen and oxygen atoms in total. The monoisotopic (exact) mass is 265 g/mol. The number of hydrogen-bond donors (Lipinski definition) is 0. The molecule has 0 N–H and O–H groups in total. The molecule has 0 saturated heterocycles. The van der Waals surface area contributed by atoms with Crippen molar-refractivity contribution in [2.24, 2.45) is 0 Å². The van der Waals surface area contributed by atoms with Crippen molar-refractivity contribution in [3.63, 3.8) is 0 Å². The Balaban J connectivity index is 2.25. The molecule has 0 radical (unpaired) electrons. The van der Waals surface area contributed by atoms with E-state index < -0.39 is 0 Å². The van der Waals surface area contributed by atoms with Crippen molar-refractivity contribution in [3.8, 4) is 15.9 Å². The number of fused-ring (bicyclic) bond motifs is 3. The molecular weight excluding hydrogens is 253 g/mol. The van der Waals surface area contributed by atoms with E-state index in [4.69, 9.17) is 4.74 Å². The summed E-state index contributed by atoms with van der Waals surface area (Å²) in [6.07, 6.45) is 1.92. The van der Waals surface area contributed by atoms with E-state index in [0.29, 0.717) is 21.1 Å². The van der Waals surface area contributed by atoms with E-state index >= 15 is 0 Å². The normalized spacial score (nSPS) is 12.9. The molecule has 2 aromatic rings. The summed E-state index contributed by atoms with van der Waals surface area (Å²) in [5.74, 6) is 0.957. The first kappa shape index (κ1) is 9.20. The van der Waals surface area contributed by atoms with E-state index in [0.717, 1.165) is 17.0 Å². The van der Waals surface area contributed by atoms with Gasteiger partial charge in [-0.2, -0.15) is 0 Å². The molecule has 76 valence electrons. The first-order chi connectivity index (χ1) is 7.24. The summed E-state index contributed by atoms with van der Waals surface area (Å²) >= 11 is 0.454. The first-order valence-electron chi connectivity index (χ1n) is 4.93. The molecule has 3 heteroatoms. The van der Waals surface area contributed by atoms with Gasteiger partial charge >= 0.3 is 94.5 Å². The molecule has 0 unspecified atom stereocenters. The van der Waals surface area contributed by atoms with Crippen LogP contribution in [0.25, 0.3) is 10.1 Å². The number of ether oxygens (including phenoxy) is 1. The van der Waals surface area contributed by atoms with Gasteiger partial charge in [-0.15, -0.1) is 0 Å². The van der Waals surface area contributed by atoms with Crippen molar-refractivity contribution in [1.29, 1.82) is 0 Å². The van der Waals surface area contributed by atoms with Gasteiger partial charge in [-0.1, -0.05) is 0 Å². The Hall–Kier alpha value is -1.05. The molecule has 0 aliphatic carbocycles. The molecule has 0 spiro atoms. The molecule has 2 aromatic heterocycles. The Bertz CT molecular complexity index is 530. The average Bonchev–Trinajstić information content (AvgIpc) is 2.58. The Morgan fingerprint density at radius 2 is 2.20 bits per heavy atom. The van der Waals surface area contributed by atoms with Crippen molar-refractivity contribution in [2.45, 2.75) is 20.5 Å². The predicted octanol–water partition coefficient (Wildman–Crippen LogP) is 2.31. The van der Waals surface area contributed by atoms with Crippen LogP contribution in [0, 0.1) is 13.8 Å². The summed E-state index contributed by atoms with van der Waals surface area (Å²) in [7, 11) is 0. The van der Waals surface area contributed by atoms with E-state index in [-0.39, 0.29) is 0 Å². The van der Waals surface area contributed by atoms with Crippen molar-refractivity contribution >= 4 is 14.5 Å². The minimum absolute atomic E-state index is 0.454. The van der Waals surface area contributed by atoms with Crippen LogP contribution < -0.4 is 4.74 Å². The van der Waals surface area contributed by atoms with Gasteiger partial charge < -0.3 is 0 Å². The van der Waals surface area contributed by atoms with Crippen molar-refractivity contribution in [1.82, 2.24) is 4.98 Å². The summed E-state index contributed by atoms with van der Waals surface area (Å²) in [5, 5.41) is 0. The first-order valence-corrected chi connectivity index (χ1v) is 6.64. The maximum atomic E-state index is 5.71. The van der Waals surface area contributed by atoms with Gasteiger partial charge in [-0.05, 0) is 0 Å². The molecule has 1 aliphatic rings. The number of aromatic nitrogens is 1. The second kappa shape index (κ2) is 3.22. The number of aryl methyl sites for hydroxylation is 2. The van der Waals surface area contributed by atoms with Crippen LogP contribution in [0.2, 0.25) is 0 Å². The quantitative estimate of drug-likeness (QED) is 0.681. The summed E-state index contributed by atoms with van der Waals surface area (Å²) < 4.78 is 8.59. The van der Waals surface area contributed by atoms with Crippen LogP contribution in [0.15, 0.2) is 18.3 Å². The van der Waals surface area contributed by atoms with E-state index in [1.54, 1.807) is 0 Å². The van der Waals surface area contributed by atoms with Crippen LogP contribution in [0.3, 0.4) is 0 Å². The second-order valence-electron chi connectivity index (χ2n) is 3.86. The molecule has 0 amide bonds. The molecule has 1 aliphatic heterocycles. The zero-order chi connectivity index (χ0) is 10.4. The minimum atomic E-state index is 0.454. The molecule has 3 rings (SSSR count). The number of nitrogens with zero attached hydrogens (tertiary/aromatic N) is 1. The zero-order valence-electron chi connectivity index (χ0n) is 8.70. The number of rotatable bonds is 0. The third-order valence-electron chi connectivity index (χ3n) is 2.52. The summed E-state index contributed by atoms with van der Waals surface area (Å²) in [4.78, 5) is 4.50. The van der Waals surface area contributed by atoms with Crippen molar-refractivity contribution in [2.75, 3.05) is 0 Å². The molecule has 0 saturated carbocycles. The summed E-state index contributed by atoms with van der Waals surface area (Å²) in [6, 6.07) is 4.33. The van der Waals surface area contributed by atoms with Gasteiger partial charge in [-0.25, -0.2) is 0 Å². The van der Waals surface area contributed by atoms with Gasteiger partial charge in [-0.3, -0.25) is 0 Å². The fourth-order valence-electron chi connectivity index (χ4n) is 1.85. The van der Waals surface area contributed by atoms with Crippen LogP contribution in [0.4, 0.5) is 0 Å². The Morgan fingerprint density at radius 3 is 3.07 bits per heavy atom. The van der Waals surface area contributed by atoms with Gasteiger partial charge in [0.1, 0.15) is 0 Å². The van der Waals surface area contributed by atoms with Crippen LogP contribution >= 0.6 is 0 Å². The third kappa shape index (κ3) is 1.43. The third-order valence-corrected chi connectivity index (χ3v) is 4.83. The molecule has 0 aromatic carbocycles. The number of hydrogen-bond acceptors (Lipinski definition) is 2. The van der Waals surface area contributed by atoms with Gasteiger partial charge in [0.2, 0.25) is 0 Å².